The second kappa shape index (κ2) is 5.81. The molecular formula is C17H15N3O2. The van der Waals surface area contributed by atoms with Gasteiger partial charge >= 0.3 is 5.69 Å². The lowest BCUT2D eigenvalue weighted by molar-refractivity contribution is 0.102. The second-order valence-corrected chi connectivity index (χ2v) is 4.94. The first-order valence-corrected chi connectivity index (χ1v) is 7.06. The largest absolute Gasteiger partial charge is 0.346 e. The van der Waals surface area contributed by atoms with Crippen LogP contribution in [0.2, 0.25) is 0 Å². The molecule has 0 aliphatic rings. The molecule has 0 saturated heterocycles. The van der Waals surface area contributed by atoms with E-state index < -0.39 is 11.6 Å². The lowest BCUT2D eigenvalue weighted by Crippen LogP contribution is -2.21. The van der Waals surface area contributed by atoms with E-state index in [1.807, 2.05) is 24.3 Å². The van der Waals surface area contributed by atoms with Gasteiger partial charge in [-0.15, -0.1) is 0 Å². The SMILES string of the molecule is CCc1ccc(NC(=O)c2nc(=O)[nH]c3ccccc23)cc1. The molecular weight excluding hydrogens is 278 g/mol. The van der Waals surface area contributed by atoms with Crippen LogP contribution in [0.4, 0.5) is 5.69 Å². The zero-order chi connectivity index (χ0) is 15.5. The number of hydrogen-bond acceptors (Lipinski definition) is 3. The first kappa shape index (κ1) is 14.0. The van der Waals surface area contributed by atoms with Crippen LogP contribution in [0.15, 0.2) is 53.3 Å². The number of aromatic amines is 1. The van der Waals surface area contributed by atoms with E-state index in [1.54, 1.807) is 24.3 Å². The topological polar surface area (TPSA) is 74.8 Å². The fraction of sp³-hybridized carbons (Fsp3) is 0.118. The van der Waals surface area contributed by atoms with Gasteiger partial charge in [0.25, 0.3) is 5.91 Å². The summed E-state index contributed by atoms with van der Waals surface area (Å²) in [7, 11) is 0. The number of benzene rings is 2. The number of nitrogens with zero attached hydrogens (tertiary/aromatic N) is 1. The highest BCUT2D eigenvalue weighted by Crippen LogP contribution is 2.15. The fourth-order valence-electron chi connectivity index (χ4n) is 2.29. The van der Waals surface area contributed by atoms with Gasteiger partial charge in [-0.3, -0.25) is 4.79 Å². The van der Waals surface area contributed by atoms with Crippen LogP contribution in [-0.2, 0) is 6.42 Å². The molecule has 5 heteroatoms. The van der Waals surface area contributed by atoms with Crippen LogP contribution in [-0.4, -0.2) is 15.9 Å². The Balaban J connectivity index is 1.96. The van der Waals surface area contributed by atoms with Crippen LogP contribution in [0, 0.1) is 0 Å². The molecule has 3 aromatic rings. The molecule has 0 saturated carbocycles. The summed E-state index contributed by atoms with van der Waals surface area (Å²) in [5.74, 6) is -0.397. The number of aromatic nitrogens is 2. The Labute approximate surface area is 127 Å². The van der Waals surface area contributed by atoms with Gasteiger partial charge in [0.1, 0.15) is 5.69 Å². The summed E-state index contributed by atoms with van der Waals surface area (Å²) in [4.78, 5) is 30.4. The molecule has 0 spiro atoms. The highest BCUT2D eigenvalue weighted by atomic mass is 16.2. The summed E-state index contributed by atoms with van der Waals surface area (Å²) in [6, 6.07) is 14.7. The van der Waals surface area contributed by atoms with Crippen molar-refractivity contribution < 1.29 is 4.79 Å². The van der Waals surface area contributed by atoms with Crippen LogP contribution < -0.4 is 11.0 Å². The van der Waals surface area contributed by atoms with Crippen molar-refractivity contribution in [1.82, 2.24) is 9.97 Å². The first-order chi connectivity index (χ1) is 10.7. The third-order valence-corrected chi connectivity index (χ3v) is 3.47. The first-order valence-electron chi connectivity index (χ1n) is 7.06. The van der Waals surface area contributed by atoms with Crippen molar-refractivity contribution in [2.75, 3.05) is 5.32 Å². The lowest BCUT2D eigenvalue weighted by Gasteiger charge is -2.07. The summed E-state index contributed by atoms with van der Waals surface area (Å²) in [6.07, 6.45) is 0.939. The van der Waals surface area contributed by atoms with Gasteiger partial charge in [0, 0.05) is 11.1 Å². The number of carbonyl (C=O) groups excluding carboxylic acids is 1. The third-order valence-electron chi connectivity index (χ3n) is 3.47. The maximum atomic E-state index is 12.4. The molecule has 0 radical (unpaired) electrons. The van der Waals surface area contributed by atoms with E-state index in [1.165, 1.54) is 5.56 Å². The Bertz CT molecular complexity index is 882. The van der Waals surface area contributed by atoms with Gasteiger partial charge in [-0.25, -0.2) is 4.79 Å². The molecule has 3 rings (SSSR count). The number of fused-ring (bicyclic) bond motifs is 1. The van der Waals surface area contributed by atoms with Gasteiger partial charge in [0.15, 0.2) is 0 Å². The van der Waals surface area contributed by atoms with Gasteiger partial charge in [0.05, 0.1) is 5.52 Å². The minimum absolute atomic E-state index is 0.124. The minimum atomic E-state index is -0.537. The molecule has 2 N–H and O–H groups in total. The summed E-state index contributed by atoms with van der Waals surface area (Å²) in [6.45, 7) is 2.07. The van der Waals surface area contributed by atoms with Gasteiger partial charge < -0.3 is 10.3 Å². The molecule has 0 aliphatic carbocycles. The molecule has 0 aliphatic heterocycles. The molecule has 1 amide bonds. The van der Waals surface area contributed by atoms with E-state index in [-0.39, 0.29) is 5.69 Å². The van der Waals surface area contributed by atoms with Crippen molar-refractivity contribution in [1.29, 1.82) is 0 Å². The smallest absolute Gasteiger partial charge is 0.321 e. The molecule has 1 aromatic heterocycles. The van der Waals surface area contributed by atoms with Crippen LogP contribution in [0.25, 0.3) is 10.9 Å². The van der Waals surface area contributed by atoms with Crippen molar-refractivity contribution in [3.63, 3.8) is 0 Å². The highest BCUT2D eigenvalue weighted by molar-refractivity contribution is 6.10. The maximum Gasteiger partial charge on any atom is 0.346 e. The van der Waals surface area contributed by atoms with E-state index in [4.69, 9.17) is 0 Å². The summed E-state index contributed by atoms with van der Waals surface area (Å²) in [5.41, 5.74) is 2.05. The van der Waals surface area contributed by atoms with Crippen molar-refractivity contribution in [2.24, 2.45) is 0 Å². The quantitative estimate of drug-likeness (QED) is 0.779. The van der Waals surface area contributed by atoms with Crippen molar-refractivity contribution in [2.45, 2.75) is 13.3 Å². The van der Waals surface area contributed by atoms with Crippen molar-refractivity contribution >= 4 is 22.5 Å². The number of aryl methyl sites for hydroxylation is 1. The molecule has 0 unspecified atom stereocenters. The van der Waals surface area contributed by atoms with Gasteiger partial charge in [-0.1, -0.05) is 37.3 Å². The monoisotopic (exact) mass is 293 g/mol. The number of carbonyl (C=O) groups is 1. The number of anilines is 1. The van der Waals surface area contributed by atoms with Crippen LogP contribution >= 0.6 is 0 Å². The second-order valence-electron chi connectivity index (χ2n) is 4.94. The normalized spacial score (nSPS) is 10.6. The van der Waals surface area contributed by atoms with Crippen molar-refractivity contribution in [3.05, 3.63) is 70.3 Å². The van der Waals surface area contributed by atoms with E-state index in [9.17, 15) is 9.59 Å². The number of para-hydroxylation sites is 1. The van der Waals surface area contributed by atoms with Gasteiger partial charge in [-0.05, 0) is 30.2 Å². The highest BCUT2D eigenvalue weighted by Gasteiger charge is 2.13. The molecule has 22 heavy (non-hydrogen) atoms. The van der Waals surface area contributed by atoms with Crippen LogP contribution in [0.5, 0.6) is 0 Å². The van der Waals surface area contributed by atoms with E-state index in [0.717, 1.165) is 6.42 Å². The number of H-pyrrole nitrogens is 1. The number of nitrogens with one attached hydrogen (secondary N) is 2. The Kier molecular flexibility index (Phi) is 3.70. The predicted octanol–water partition coefficient (Wildman–Crippen LogP) is 2.74. The zero-order valence-corrected chi connectivity index (χ0v) is 12.1. The van der Waals surface area contributed by atoms with Crippen LogP contribution in [0.1, 0.15) is 23.0 Å². The fourth-order valence-corrected chi connectivity index (χ4v) is 2.29. The van der Waals surface area contributed by atoms with E-state index in [0.29, 0.717) is 16.6 Å². The van der Waals surface area contributed by atoms with Crippen LogP contribution in [0.3, 0.4) is 0 Å². The summed E-state index contributed by atoms with van der Waals surface area (Å²) >= 11 is 0. The molecule has 0 fully saturated rings. The Morgan fingerprint density at radius 2 is 1.86 bits per heavy atom. The minimum Gasteiger partial charge on any atom is -0.321 e. The predicted molar refractivity (Wildman–Crippen MR) is 86.1 cm³/mol. The molecule has 110 valence electrons. The van der Waals surface area contributed by atoms with Gasteiger partial charge in [-0.2, -0.15) is 4.98 Å². The number of rotatable bonds is 3. The third kappa shape index (κ3) is 2.74. The zero-order valence-electron chi connectivity index (χ0n) is 12.1. The molecule has 2 aromatic carbocycles. The number of hydrogen-bond donors (Lipinski definition) is 2. The Morgan fingerprint density at radius 1 is 1.14 bits per heavy atom. The summed E-state index contributed by atoms with van der Waals surface area (Å²) in [5, 5.41) is 3.39. The average molecular weight is 293 g/mol. The van der Waals surface area contributed by atoms with E-state index >= 15 is 0 Å². The molecule has 0 atom stereocenters. The average Bonchev–Trinajstić information content (AvgIpc) is 2.54. The Morgan fingerprint density at radius 3 is 2.59 bits per heavy atom. The molecule has 1 heterocycles. The molecule has 0 bridgehead atoms. The Hall–Kier alpha value is -2.95. The van der Waals surface area contributed by atoms with E-state index in [2.05, 4.69) is 22.2 Å². The summed E-state index contributed by atoms with van der Waals surface area (Å²) < 4.78 is 0. The maximum absolute atomic E-state index is 12.4. The standard InChI is InChI=1S/C17H15N3O2/c1-2-11-7-9-12(10-8-11)18-16(21)15-13-5-3-4-6-14(13)19-17(22)20-15/h3-10H,2H2,1H3,(H,18,21)(H,19,20,22). The lowest BCUT2D eigenvalue weighted by atomic mass is 10.1. The number of amides is 1. The molecule has 5 nitrogen and oxygen atoms in total. The van der Waals surface area contributed by atoms with Gasteiger partial charge in [0.2, 0.25) is 0 Å². The van der Waals surface area contributed by atoms with Crippen molar-refractivity contribution in [3.8, 4) is 0 Å².